The molecule has 0 saturated heterocycles. The van der Waals surface area contributed by atoms with Crippen molar-refractivity contribution in [2.75, 3.05) is 19.4 Å². The molecule has 0 aliphatic rings. The van der Waals surface area contributed by atoms with Crippen molar-refractivity contribution in [1.29, 1.82) is 0 Å². The SMILES string of the molecule is CC(C)c1cc(C(=O)Nc2cccc(S(=O)(=O)N(C)C)c2)nn1C(C)(C)C. The fourth-order valence-corrected chi connectivity index (χ4v) is 3.54. The lowest BCUT2D eigenvalue weighted by Crippen LogP contribution is -2.26. The summed E-state index contributed by atoms with van der Waals surface area (Å²) < 4.78 is 27.5. The minimum absolute atomic E-state index is 0.119. The molecular weight excluding hydrogens is 364 g/mol. The number of hydrogen-bond acceptors (Lipinski definition) is 4. The van der Waals surface area contributed by atoms with Gasteiger partial charge in [-0.3, -0.25) is 9.48 Å². The zero-order chi connectivity index (χ0) is 20.6. The highest BCUT2D eigenvalue weighted by atomic mass is 32.2. The van der Waals surface area contributed by atoms with E-state index in [1.54, 1.807) is 18.2 Å². The van der Waals surface area contributed by atoms with Gasteiger partial charge in [0.25, 0.3) is 5.91 Å². The van der Waals surface area contributed by atoms with Crippen LogP contribution in [0.3, 0.4) is 0 Å². The first-order valence-electron chi connectivity index (χ1n) is 8.78. The van der Waals surface area contributed by atoms with Gasteiger partial charge < -0.3 is 5.32 Å². The summed E-state index contributed by atoms with van der Waals surface area (Å²) in [6.45, 7) is 10.2. The predicted octanol–water partition coefficient (Wildman–Crippen LogP) is 3.26. The van der Waals surface area contributed by atoms with Gasteiger partial charge in [0.2, 0.25) is 10.0 Å². The summed E-state index contributed by atoms with van der Waals surface area (Å²) in [5, 5.41) is 7.22. The molecular formula is C19H28N4O3S. The lowest BCUT2D eigenvalue weighted by atomic mass is 10.1. The van der Waals surface area contributed by atoms with E-state index in [2.05, 4.69) is 24.3 Å². The van der Waals surface area contributed by atoms with Crippen molar-refractivity contribution < 1.29 is 13.2 Å². The van der Waals surface area contributed by atoms with Crippen molar-refractivity contribution >= 4 is 21.6 Å². The van der Waals surface area contributed by atoms with Crippen molar-refractivity contribution in [3.8, 4) is 0 Å². The number of anilines is 1. The molecule has 0 bridgehead atoms. The van der Waals surface area contributed by atoms with Crippen LogP contribution in [0.4, 0.5) is 5.69 Å². The molecule has 2 aromatic rings. The molecule has 0 unspecified atom stereocenters. The molecule has 0 fully saturated rings. The number of rotatable bonds is 5. The second-order valence-corrected chi connectivity index (χ2v) is 10.1. The highest BCUT2D eigenvalue weighted by molar-refractivity contribution is 7.89. The van der Waals surface area contributed by atoms with E-state index >= 15 is 0 Å². The molecule has 1 heterocycles. The third-order valence-corrected chi connectivity index (χ3v) is 5.88. The number of carbonyl (C=O) groups excluding carboxylic acids is 1. The van der Waals surface area contributed by atoms with Crippen molar-refractivity contribution in [3.63, 3.8) is 0 Å². The molecule has 0 aliphatic heterocycles. The van der Waals surface area contributed by atoms with E-state index < -0.39 is 10.0 Å². The van der Waals surface area contributed by atoms with Crippen LogP contribution in [-0.4, -0.2) is 42.5 Å². The Morgan fingerprint density at radius 3 is 2.30 bits per heavy atom. The molecule has 1 amide bonds. The van der Waals surface area contributed by atoms with Crippen molar-refractivity contribution in [1.82, 2.24) is 14.1 Å². The fraction of sp³-hybridized carbons (Fsp3) is 0.474. The molecule has 0 saturated carbocycles. The molecule has 1 aromatic carbocycles. The van der Waals surface area contributed by atoms with Crippen LogP contribution in [0.25, 0.3) is 0 Å². The average molecular weight is 393 g/mol. The normalized spacial score (nSPS) is 12.6. The Morgan fingerprint density at radius 2 is 1.81 bits per heavy atom. The van der Waals surface area contributed by atoms with Crippen LogP contribution < -0.4 is 5.32 Å². The molecule has 2 rings (SSSR count). The van der Waals surface area contributed by atoms with E-state index in [1.807, 2.05) is 25.5 Å². The predicted molar refractivity (Wildman–Crippen MR) is 107 cm³/mol. The molecule has 0 spiro atoms. The number of hydrogen-bond donors (Lipinski definition) is 1. The van der Waals surface area contributed by atoms with Crippen LogP contribution >= 0.6 is 0 Å². The summed E-state index contributed by atoms with van der Waals surface area (Å²) >= 11 is 0. The van der Waals surface area contributed by atoms with Crippen molar-refractivity contribution in [2.45, 2.75) is 51.0 Å². The highest BCUT2D eigenvalue weighted by Gasteiger charge is 2.24. The van der Waals surface area contributed by atoms with Crippen LogP contribution in [-0.2, 0) is 15.6 Å². The average Bonchev–Trinajstić information content (AvgIpc) is 3.01. The second kappa shape index (κ2) is 7.44. The monoisotopic (exact) mass is 392 g/mol. The number of nitrogens with zero attached hydrogens (tertiary/aromatic N) is 3. The highest BCUT2D eigenvalue weighted by Crippen LogP contribution is 2.24. The third kappa shape index (κ3) is 4.56. The Labute approximate surface area is 161 Å². The Morgan fingerprint density at radius 1 is 1.19 bits per heavy atom. The first-order valence-corrected chi connectivity index (χ1v) is 10.2. The Balaban J connectivity index is 2.34. The zero-order valence-corrected chi connectivity index (χ0v) is 17.8. The molecule has 0 atom stereocenters. The summed E-state index contributed by atoms with van der Waals surface area (Å²) in [6, 6.07) is 7.97. The number of nitrogens with one attached hydrogen (secondary N) is 1. The van der Waals surface area contributed by atoms with Gasteiger partial charge in [0.1, 0.15) is 0 Å². The number of sulfonamides is 1. The summed E-state index contributed by atoms with van der Waals surface area (Å²) in [7, 11) is -0.640. The molecule has 0 radical (unpaired) electrons. The van der Waals surface area contributed by atoms with E-state index in [9.17, 15) is 13.2 Å². The van der Waals surface area contributed by atoms with Gasteiger partial charge in [-0.2, -0.15) is 5.10 Å². The van der Waals surface area contributed by atoms with Gasteiger partial charge >= 0.3 is 0 Å². The van der Waals surface area contributed by atoms with Gasteiger partial charge in [0.05, 0.1) is 10.4 Å². The largest absolute Gasteiger partial charge is 0.321 e. The second-order valence-electron chi connectivity index (χ2n) is 7.96. The van der Waals surface area contributed by atoms with Crippen molar-refractivity contribution in [3.05, 3.63) is 41.7 Å². The standard InChI is InChI=1S/C19H28N4O3S/c1-13(2)17-12-16(21-23(17)19(3,4)5)18(24)20-14-9-8-10-15(11-14)27(25,26)22(6)7/h8-13H,1-7H3,(H,20,24). The summed E-state index contributed by atoms with van der Waals surface area (Å²) in [6.07, 6.45) is 0. The number of benzene rings is 1. The molecule has 8 heteroatoms. The lowest BCUT2D eigenvalue weighted by Gasteiger charge is -2.23. The number of amides is 1. The topological polar surface area (TPSA) is 84.3 Å². The van der Waals surface area contributed by atoms with Gasteiger partial charge in [0.15, 0.2) is 5.69 Å². The van der Waals surface area contributed by atoms with Crippen LogP contribution in [0, 0.1) is 0 Å². The molecule has 27 heavy (non-hydrogen) atoms. The summed E-state index contributed by atoms with van der Waals surface area (Å²) in [4.78, 5) is 12.8. The van der Waals surface area contributed by atoms with Gasteiger partial charge in [-0.05, 0) is 51.0 Å². The van der Waals surface area contributed by atoms with Gasteiger partial charge in [-0.1, -0.05) is 19.9 Å². The number of carbonyl (C=O) groups is 1. The summed E-state index contributed by atoms with van der Waals surface area (Å²) in [5.41, 5.74) is 1.42. The van der Waals surface area contributed by atoms with Gasteiger partial charge in [0, 0.05) is 25.5 Å². The van der Waals surface area contributed by atoms with Crippen molar-refractivity contribution in [2.24, 2.45) is 0 Å². The molecule has 0 aliphatic carbocycles. The quantitative estimate of drug-likeness (QED) is 0.846. The maximum Gasteiger partial charge on any atom is 0.276 e. The van der Waals surface area contributed by atoms with E-state index in [4.69, 9.17) is 0 Å². The third-order valence-electron chi connectivity index (χ3n) is 4.07. The maximum absolute atomic E-state index is 12.7. The van der Waals surface area contributed by atoms with E-state index in [1.165, 1.54) is 26.2 Å². The first-order chi connectivity index (χ1) is 12.3. The first kappa shape index (κ1) is 21.1. The lowest BCUT2D eigenvalue weighted by molar-refractivity contribution is 0.102. The molecule has 1 N–H and O–H groups in total. The van der Waals surface area contributed by atoms with E-state index in [-0.39, 0.29) is 22.3 Å². The molecule has 1 aromatic heterocycles. The van der Waals surface area contributed by atoms with E-state index in [0.29, 0.717) is 11.4 Å². The zero-order valence-electron chi connectivity index (χ0n) is 16.9. The van der Waals surface area contributed by atoms with Gasteiger partial charge in [-0.25, -0.2) is 12.7 Å². The van der Waals surface area contributed by atoms with Crippen LogP contribution in [0.2, 0.25) is 0 Å². The molecule has 7 nitrogen and oxygen atoms in total. The smallest absolute Gasteiger partial charge is 0.276 e. The molecule has 148 valence electrons. The van der Waals surface area contributed by atoms with Crippen LogP contribution in [0.15, 0.2) is 35.2 Å². The maximum atomic E-state index is 12.7. The van der Waals surface area contributed by atoms with Crippen LogP contribution in [0.1, 0.15) is 56.7 Å². The van der Waals surface area contributed by atoms with E-state index in [0.717, 1.165) is 10.00 Å². The minimum atomic E-state index is -3.57. The Kier molecular flexibility index (Phi) is 5.82. The van der Waals surface area contributed by atoms with Gasteiger partial charge in [-0.15, -0.1) is 0 Å². The van der Waals surface area contributed by atoms with Crippen LogP contribution in [0.5, 0.6) is 0 Å². The minimum Gasteiger partial charge on any atom is -0.321 e. The Bertz CT molecular complexity index is 938. The number of aromatic nitrogens is 2. The Hall–Kier alpha value is -2.19. The summed E-state index contributed by atoms with van der Waals surface area (Å²) in [5.74, 6) is -0.161. The fourth-order valence-electron chi connectivity index (χ4n) is 2.60.